The highest BCUT2D eigenvalue weighted by molar-refractivity contribution is 5.96. The molecule has 1 aliphatic rings. The molecule has 0 saturated carbocycles. The second-order valence-electron chi connectivity index (χ2n) is 5.41. The number of carbonyl (C=O) groups excluding carboxylic acids is 2. The second kappa shape index (κ2) is 5.03. The smallest absolute Gasteiger partial charge is 0.245 e. The standard InChI is InChI=1S/C13H20N4O2/c1-8(2)11-12(18)15-9(3)13(19)17(11)7-10-5-14-16(4)6-10/h5-6,8-9,11H,7H2,1-4H3,(H,15,18). The van der Waals surface area contributed by atoms with Crippen LogP contribution in [0.25, 0.3) is 0 Å². The highest BCUT2D eigenvalue weighted by Crippen LogP contribution is 2.20. The van der Waals surface area contributed by atoms with Gasteiger partial charge in [-0.25, -0.2) is 0 Å². The van der Waals surface area contributed by atoms with Crippen molar-refractivity contribution in [3.8, 4) is 0 Å². The Morgan fingerprint density at radius 1 is 1.42 bits per heavy atom. The number of hydrogen-bond acceptors (Lipinski definition) is 3. The van der Waals surface area contributed by atoms with Crippen molar-refractivity contribution in [3.05, 3.63) is 18.0 Å². The first-order valence-electron chi connectivity index (χ1n) is 6.48. The van der Waals surface area contributed by atoms with Crippen LogP contribution in [0, 0.1) is 5.92 Å². The van der Waals surface area contributed by atoms with Gasteiger partial charge in [0.15, 0.2) is 0 Å². The topological polar surface area (TPSA) is 67.2 Å². The van der Waals surface area contributed by atoms with Gasteiger partial charge in [-0.2, -0.15) is 5.10 Å². The number of nitrogens with zero attached hydrogens (tertiary/aromatic N) is 3. The van der Waals surface area contributed by atoms with Gasteiger partial charge in [-0.05, 0) is 12.8 Å². The van der Waals surface area contributed by atoms with Crippen molar-refractivity contribution in [2.45, 2.75) is 39.4 Å². The molecule has 0 radical (unpaired) electrons. The number of aryl methyl sites for hydroxylation is 1. The third-order valence-corrected chi connectivity index (χ3v) is 3.36. The zero-order valence-electron chi connectivity index (χ0n) is 11.8. The molecule has 0 bridgehead atoms. The highest BCUT2D eigenvalue weighted by atomic mass is 16.2. The lowest BCUT2D eigenvalue weighted by Gasteiger charge is -2.39. The Kier molecular flexibility index (Phi) is 3.59. The van der Waals surface area contributed by atoms with Crippen molar-refractivity contribution in [3.63, 3.8) is 0 Å². The Labute approximate surface area is 112 Å². The van der Waals surface area contributed by atoms with E-state index in [0.29, 0.717) is 6.54 Å². The average molecular weight is 264 g/mol. The molecule has 1 aromatic rings. The average Bonchev–Trinajstić information content (AvgIpc) is 2.71. The summed E-state index contributed by atoms with van der Waals surface area (Å²) in [4.78, 5) is 26.0. The first-order chi connectivity index (χ1) is 8.90. The molecule has 1 fully saturated rings. The Morgan fingerprint density at radius 2 is 2.11 bits per heavy atom. The minimum atomic E-state index is -0.459. The van der Waals surface area contributed by atoms with Crippen LogP contribution >= 0.6 is 0 Å². The van der Waals surface area contributed by atoms with Crippen molar-refractivity contribution in [1.29, 1.82) is 0 Å². The number of nitrogens with one attached hydrogen (secondary N) is 1. The molecule has 2 atom stereocenters. The van der Waals surface area contributed by atoms with Gasteiger partial charge in [-0.3, -0.25) is 14.3 Å². The summed E-state index contributed by atoms with van der Waals surface area (Å²) in [5, 5.41) is 6.82. The van der Waals surface area contributed by atoms with Crippen molar-refractivity contribution in [2.24, 2.45) is 13.0 Å². The molecular weight excluding hydrogens is 244 g/mol. The van der Waals surface area contributed by atoms with Crippen molar-refractivity contribution >= 4 is 11.8 Å². The van der Waals surface area contributed by atoms with E-state index in [2.05, 4.69) is 10.4 Å². The van der Waals surface area contributed by atoms with Gasteiger partial charge in [0.2, 0.25) is 11.8 Å². The third kappa shape index (κ3) is 2.62. The molecule has 2 heterocycles. The molecule has 19 heavy (non-hydrogen) atoms. The summed E-state index contributed by atoms with van der Waals surface area (Å²) >= 11 is 0. The Balaban J connectivity index is 2.25. The van der Waals surface area contributed by atoms with Crippen LogP contribution in [0.15, 0.2) is 12.4 Å². The number of carbonyl (C=O) groups is 2. The third-order valence-electron chi connectivity index (χ3n) is 3.36. The quantitative estimate of drug-likeness (QED) is 0.853. The molecule has 2 unspecified atom stereocenters. The molecular formula is C13H20N4O2. The van der Waals surface area contributed by atoms with Crippen molar-refractivity contribution in [2.75, 3.05) is 0 Å². The minimum Gasteiger partial charge on any atom is -0.343 e. The van der Waals surface area contributed by atoms with Crippen molar-refractivity contribution < 1.29 is 9.59 Å². The van der Waals surface area contributed by atoms with E-state index < -0.39 is 12.1 Å². The van der Waals surface area contributed by atoms with E-state index in [-0.39, 0.29) is 17.7 Å². The lowest BCUT2D eigenvalue weighted by Crippen LogP contribution is -2.63. The zero-order chi connectivity index (χ0) is 14.2. The zero-order valence-corrected chi connectivity index (χ0v) is 11.8. The van der Waals surface area contributed by atoms with Gasteiger partial charge < -0.3 is 10.2 Å². The molecule has 1 saturated heterocycles. The number of rotatable bonds is 3. The number of piperazine rings is 1. The Morgan fingerprint density at radius 3 is 2.63 bits per heavy atom. The lowest BCUT2D eigenvalue weighted by molar-refractivity contribution is -0.151. The van der Waals surface area contributed by atoms with Gasteiger partial charge in [0.1, 0.15) is 12.1 Å². The summed E-state index contributed by atoms with van der Waals surface area (Å²) in [6.45, 7) is 6.04. The van der Waals surface area contributed by atoms with E-state index in [1.807, 2.05) is 27.1 Å². The largest absolute Gasteiger partial charge is 0.343 e. The molecule has 0 aromatic carbocycles. The molecule has 6 nitrogen and oxygen atoms in total. The van der Waals surface area contributed by atoms with E-state index >= 15 is 0 Å². The predicted octanol–water partition coefficient (Wildman–Crippen LogP) is 0.292. The monoisotopic (exact) mass is 264 g/mol. The summed E-state index contributed by atoms with van der Waals surface area (Å²) in [5.74, 6) is -0.0405. The SMILES string of the molecule is CC1NC(=O)C(C(C)C)N(Cc2cnn(C)c2)C1=O. The van der Waals surface area contributed by atoms with Crippen LogP contribution in [0.5, 0.6) is 0 Å². The van der Waals surface area contributed by atoms with Crippen LogP contribution < -0.4 is 5.32 Å². The maximum atomic E-state index is 12.3. The summed E-state index contributed by atoms with van der Waals surface area (Å²) in [6.07, 6.45) is 3.59. The van der Waals surface area contributed by atoms with E-state index in [9.17, 15) is 9.59 Å². The van der Waals surface area contributed by atoms with E-state index in [1.165, 1.54) is 0 Å². The van der Waals surface area contributed by atoms with Gasteiger partial charge in [0.25, 0.3) is 0 Å². The maximum Gasteiger partial charge on any atom is 0.245 e. The fourth-order valence-electron chi connectivity index (χ4n) is 2.48. The molecule has 1 N–H and O–H groups in total. The van der Waals surface area contributed by atoms with Gasteiger partial charge in [0, 0.05) is 25.4 Å². The van der Waals surface area contributed by atoms with Gasteiger partial charge in [0.05, 0.1) is 6.20 Å². The molecule has 1 aliphatic heterocycles. The van der Waals surface area contributed by atoms with Crippen molar-refractivity contribution in [1.82, 2.24) is 20.0 Å². The Hall–Kier alpha value is -1.85. The molecule has 2 rings (SSSR count). The number of hydrogen-bond donors (Lipinski definition) is 1. The van der Waals surface area contributed by atoms with Crippen LogP contribution in [-0.2, 0) is 23.2 Å². The first kappa shape index (κ1) is 13.6. The van der Waals surface area contributed by atoms with Crippen LogP contribution in [-0.4, -0.2) is 38.6 Å². The van der Waals surface area contributed by atoms with E-state index in [4.69, 9.17) is 0 Å². The minimum absolute atomic E-state index is 0.0397. The summed E-state index contributed by atoms with van der Waals surface area (Å²) in [5.41, 5.74) is 0.934. The van der Waals surface area contributed by atoms with Crippen LogP contribution in [0.2, 0.25) is 0 Å². The molecule has 104 valence electrons. The first-order valence-corrected chi connectivity index (χ1v) is 6.48. The summed E-state index contributed by atoms with van der Waals surface area (Å²) in [7, 11) is 1.83. The van der Waals surface area contributed by atoms with Crippen LogP contribution in [0.1, 0.15) is 26.3 Å². The maximum absolute atomic E-state index is 12.3. The lowest BCUT2D eigenvalue weighted by atomic mass is 9.97. The van der Waals surface area contributed by atoms with Crippen LogP contribution in [0.3, 0.4) is 0 Å². The molecule has 1 aromatic heterocycles. The fraction of sp³-hybridized carbons (Fsp3) is 0.615. The van der Waals surface area contributed by atoms with Crippen LogP contribution in [0.4, 0.5) is 0 Å². The van der Waals surface area contributed by atoms with Gasteiger partial charge >= 0.3 is 0 Å². The number of amides is 2. The molecule has 2 amide bonds. The predicted molar refractivity (Wildman–Crippen MR) is 70.0 cm³/mol. The highest BCUT2D eigenvalue weighted by Gasteiger charge is 2.40. The Bertz CT molecular complexity index is 495. The van der Waals surface area contributed by atoms with Gasteiger partial charge in [-0.1, -0.05) is 13.8 Å². The fourth-order valence-corrected chi connectivity index (χ4v) is 2.48. The van der Waals surface area contributed by atoms with E-state index in [1.54, 1.807) is 22.7 Å². The molecule has 0 spiro atoms. The van der Waals surface area contributed by atoms with E-state index in [0.717, 1.165) is 5.56 Å². The molecule has 0 aliphatic carbocycles. The van der Waals surface area contributed by atoms with Gasteiger partial charge in [-0.15, -0.1) is 0 Å². The number of aromatic nitrogens is 2. The second-order valence-corrected chi connectivity index (χ2v) is 5.41. The molecule has 6 heteroatoms. The summed E-state index contributed by atoms with van der Waals surface area (Å²) in [6, 6.07) is -0.872. The normalized spacial score (nSPS) is 23.9. The summed E-state index contributed by atoms with van der Waals surface area (Å²) < 4.78 is 1.69.